The highest BCUT2D eigenvalue weighted by Crippen LogP contribution is 2.26. The van der Waals surface area contributed by atoms with E-state index in [1.165, 1.54) is 27.8 Å². The summed E-state index contributed by atoms with van der Waals surface area (Å²) in [6.45, 7) is 9.47. The van der Waals surface area contributed by atoms with Crippen LogP contribution >= 0.6 is 12.6 Å². The molecule has 0 aliphatic carbocycles. The average Bonchev–Trinajstić information content (AvgIpc) is 2.43. The van der Waals surface area contributed by atoms with Gasteiger partial charge in [0.05, 0.1) is 5.71 Å². The molecule has 0 atom stereocenters. The maximum Gasteiger partial charge on any atom is 0.0603 e. The maximum absolute atomic E-state index is 4.59. The second-order valence-electron chi connectivity index (χ2n) is 5.15. The van der Waals surface area contributed by atoms with Gasteiger partial charge in [-0.05, 0) is 74.1 Å². The summed E-state index contributed by atoms with van der Waals surface area (Å²) in [7, 11) is 0. The summed E-state index contributed by atoms with van der Waals surface area (Å²) < 4.78 is 0. The quantitative estimate of drug-likeness (QED) is 0.743. The lowest BCUT2D eigenvalue weighted by atomic mass is 9.95. The Hall–Kier alpha value is -1.28. The SMILES string of the molecule is C/C(C1=NCCC=C1)=C(/C)c1cc(C)c(C)c(S)c1. The minimum atomic E-state index is 0.904. The van der Waals surface area contributed by atoms with E-state index in [-0.39, 0.29) is 0 Å². The number of hydrogen-bond acceptors (Lipinski definition) is 2. The van der Waals surface area contributed by atoms with Crippen LogP contribution in [0.4, 0.5) is 0 Å². The largest absolute Gasteiger partial charge is 0.285 e. The van der Waals surface area contributed by atoms with E-state index in [2.05, 4.69) is 69.6 Å². The molecule has 1 aromatic rings. The van der Waals surface area contributed by atoms with Gasteiger partial charge in [-0.1, -0.05) is 12.1 Å². The van der Waals surface area contributed by atoms with E-state index < -0.39 is 0 Å². The summed E-state index contributed by atoms with van der Waals surface area (Å²) in [6, 6.07) is 4.39. The number of aryl methyl sites for hydroxylation is 1. The van der Waals surface area contributed by atoms with Crippen LogP contribution in [-0.4, -0.2) is 12.3 Å². The molecule has 0 saturated heterocycles. The molecule has 1 heterocycles. The lowest BCUT2D eigenvalue weighted by Gasteiger charge is -2.13. The third-order valence-corrected chi connectivity index (χ3v) is 4.34. The number of allylic oxidation sites excluding steroid dienone is 3. The summed E-state index contributed by atoms with van der Waals surface area (Å²) in [6.07, 6.45) is 5.38. The van der Waals surface area contributed by atoms with Crippen molar-refractivity contribution in [3.63, 3.8) is 0 Å². The Bertz CT molecular complexity index is 568. The summed E-state index contributed by atoms with van der Waals surface area (Å²) in [5.41, 5.74) is 7.44. The Balaban J connectivity index is 2.46. The number of rotatable bonds is 2. The fourth-order valence-corrected chi connectivity index (χ4v) is 2.53. The van der Waals surface area contributed by atoms with Crippen molar-refractivity contribution >= 4 is 23.9 Å². The van der Waals surface area contributed by atoms with Crippen molar-refractivity contribution in [1.82, 2.24) is 0 Å². The van der Waals surface area contributed by atoms with Gasteiger partial charge in [0.1, 0.15) is 0 Å². The van der Waals surface area contributed by atoms with Crippen LogP contribution in [0.25, 0.3) is 5.57 Å². The van der Waals surface area contributed by atoms with Gasteiger partial charge in [-0.25, -0.2) is 0 Å². The molecular weight excluding hydrogens is 250 g/mol. The Kier molecular flexibility index (Phi) is 4.31. The molecule has 1 aliphatic rings. The highest BCUT2D eigenvalue weighted by Gasteiger charge is 2.09. The van der Waals surface area contributed by atoms with Gasteiger partial charge >= 0.3 is 0 Å². The van der Waals surface area contributed by atoms with Crippen LogP contribution in [0, 0.1) is 13.8 Å². The standard InChI is InChI=1S/C17H21NS/c1-11-9-15(10-17(19)12(11)2)13(3)14(4)16-7-5-6-8-18-16/h5,7,9-10,19H,6,8H2,1-4H3/b14-13+. The number of aliphatic imine (C=N–C) groups is 1. The predicted molar refractivity (Wildman–Crippen MR) is 87.5 cm³/mol. The molecule has 0 N–H and O–H groups in total. The molecule has 0 aromatic heterocycles. The van der Waals surface area contributed by atoms with Gasteiger partial charge in [0, 0.05) is 11.4 Å². The molecule has 1 aliphatic heterocycles. The molecule has 1 nitrogen and oxygen atoms in total. The third-order valence-electron chi connectivity index (χ3n) is 3.87. The van der Waals surface area contributed by atoms with E-state index >= 15 is 0 Å². The summed E-state index contributed by atoms with van der Waals surface area (Å²) in [4.78, 5) is 5.65. The lowest BCUT2D eigenvalue weighted by Crippen LogP contribution is -2.04. The van der Waals surface area contributed by atoms with Gasteiger partial charge in [0.2, 0.25) is 0 Å². The monoisotopic (exact) mass is 271 g/mol. The van der Waals surface area contributed by atoms with Gasteiger partial charge in [-0.15, -0.1) is 12.6 Å². The summed E-state index contributed by atoms with van der Waals surface area (Å²) in [5, 5.41) is 0. The van der Waals surface area contributed by atoms with Crippen molar-refractivity contribution in [2.45, 2.75) is 39.0 Å². The van der Waals surface area contributed by atoms with E-state index in [1.54, 1.807) is 0 Å². The molecule has 0 unspecified atom stereocenters. The van der Waals surface area contributed by atoms with Crippen LogP contribution in [0.1, 0.15) is 37.0 Å². The van der Waals surface area contributed by atoms with Crippen molar-refractivity contribution in [1.29, 1.82) is 0 Å². The Morgan fingerprint density at radius 2 is 1.89 bits per heavy atom. The van der Waals surface area contributed by atoms with E-state index in [4.69, 9.17) is 0 Å². The van der Waals surface area contributed by atoms with E-state index in [1.807, 2.05) is 0 Å². The number of hydrogen-bond donors (Lipinski definition) is 1. The Morgan fingerprint density at radius 1 is 1.16 bits per heavy atom. The highest BCUT2D eigenvalue weighted by atomic mass is 32.1. The van der Waals surface area contributed by atoms with Crippen LogP contribution < -0.4 is 0 Å². The number of thiol groups is 1. The fraction of sp³-hybridized carbons (Fsp3) is 0.353. The Morgan fingerprint density at radius 3 is 2.47 bits per heavy atom. The van der Waals surface area contributed by atoms with Crippen molar-refractivity contribution in [2.75, 3.05) is 6.54 Å². The fourth-order valence-electron chi connectivity index (χ4n) is 2.22. The molecule has 0 bridgehead atoms. The molecule has 0 fully saturated rings. The normalized spacial score (nSPS) is 16.2. The minimum absolute atomic E-state index is 0.904. The smallest absolute Gasteiger partial charge is 0.0603 e. The topological polar surface area (TPSA) is 12.4 Å². The predicted octanol–water partition coefficient (Wildman–Crippen LogP) is 4.79. The molecule has 0 saturated carbocycles. The zero-order chi connectivity index (χ0) is 14.0. The molecule has 19 heavy (non-hydrogen) atoms. The van der Waals surface area contributed by atoms with Crippen molar-refractivity contribution in [3.05, 3.63) is 46.5 Å². The molecule has 2 rings (SSSR count). The van der Waals surface area contributed by atoms with Gasteiger partial charge in [-0.3, -0.25) is 4.99 Å². The van der Waals surface area contributed by atoms with E-state index in [0.29, 0.717) is 0 Å². The first-order chi connectivity index (χ1) is 9.00. The summed E-state index contributed by atoms with van der Waals surface area (Å²) in [5.74, 6) is 0. The van der Waals surface area contributed by atoms with E-state index in [9.17, 15) is 0 Å². The highest BCUT2D eigenvalue weighted by molar-refractivity contribution is 7.80. The van der Waals surface area contributed by atoms with Crippen LogP contribution in [0.5, 0.6) is 0 Å². The average molecular weight is 271 g/mol. The van der Waals surface area contributed by atoms with Gasteiger partial charge in [0.25, 0.3) is 0 Å². The number of benzene rings is 1. The maximum atomic E-state index is 4.59. The van der Waals surface area contributed by atoms with Crippen LogP contribution in [0.15, 0.2) is 39.7 Å². The second kappa shape index (κ2) is 5.79. The number of nitrogens with zero attached hydrogens (tertiary/aromatic N) is 1. The Labute approximate surface area is 121 Å². The second-order valence-corrected chi connectivity index (χ2v) is 5.63. The van der Waals surface area contributed by atoms with Crippen LogP contribution in [0.2, 0.25) is 0 Å². The molecular formula is C17H21NS. The molecule has 100 valence electrons. The van der Waals surface area contributed by atoms with Crippen molar-refractivity contribution < 1.29 is 0 Å². The molecule has 0 amide bonds. The first-order valence-electron chi connectivity index (χ1n) is 6.70. The zero-order valence-electron chi connectivity index (χ0n) is 12.1. The van der Waals surface area contributed by atoms with Crippen LogP contribution in [-0.2, 0) is 0 Å². The van der Waals surface area contributed by atoms with E-state index in [0.717, 1.165) is 23.6 Å². The molecule has 0 spiro atoms. The molecule has 1 aromatic carbocycles. The summed E-state index contributed by atoms with van der Waals surface area (Å²) >= 11 is 4.56. The van der Waals surface area contributed by atoms with Gasteiger partial charge in [-0.2, -0.15) is 0 Å². The van der Waals surface area contributed by atoms with Crippen LogP contribution in [0.3, 0.4) is 0 Å². The van der Waals surface area contributed by atoms with Crippen molar-refractivity contribution in [3.8, 4) is 0 Å². The number of dihydropyridines is 1. The lowest BCUT2D eigenvalue weighted by molar-refractivity contribution is 0.992. The third kappa shape index (κ3) is 3.01. The minimum Gasteiger partial charge on any atom is -0.285 e. The molecule has 0 radical (unpaired) electrons. The first kappa shape index (κ1) is 14.1. The van der Waals surface area contributed by atoms with Crippen molar-refractivity contribution in [2.24, 2.45) is 4.99 Å². The van der Waals surface area contributed by atoms with Gasteiger partial charge in [0.15, 0.2) is 0 Å². The first-order valence-corrected chi connectivity index (χ1v) is 7.15. The molecule has 2 heteroatoms. The zero-order valence-corrected chi connectivity index (χ0v) is 13.0. The van der Waals surface area contributed by atoms with Gasteiger partial charge < -0.3 is 0 Å².